The molecule has 0 bridgehead atoms. The van der Waals surface area contributed by atoms with Gasteiger partial charge in [0.25, 0.3) is 0 Å². The highest BCUT2D eigenvalue weighted by Crippen LogP contribution is 2.25. The quantitative estimate of drug-likeness (QED) is 0.869. The lowest BCUT2D eigenvalue weighted by Gasteiger charge is -2.28. The molecule has 6 nitrogen and oxygen atoms in total. The molecule has 0 radical (unpaired) electrons. The first kappa shape index (κ1) is 16.5. The number of amides is 1. The lowest BCUT2D eigenvalue weighted by molar-refractivity contribution is -0.117. The SMILES string of the molecule is O=C(CN1CCC(O)CC1)Nc1ccnn1CC1CCCCC1. The summed E-state index contributed by atoms with van der Waals surface area (Å²) in [4.78, 5) is 14.3. The molecule has 1 aromatic heterocycles. The van der Waals surface area contributed by atoms with E-state index in [0.29, 0.717) is 12.5 Å². The van der Waals surface area contributed by atoms with Crippen LogP contribution in [0, 0.1) is 5.92 Å². The smallest absolute Gasteiger partial charge is 0.239 e. The van der Waals surface area contributed by atoms with Crippen molar-refractivity contribution >= 4 is 11.7 Å². The van der Waals surface area contributed by atoms with Crippen molar-refractivity contribution in [1.82, 2.24) is 14.7 Å². The lowest BCUT2D eigenvalue weighted by Crippen LogP contribution is -2.40. The maximum Gasteiger partial charge on any atom is 0.239 e. The molecule has 1 aliphatic carbocycles. The molecule has 2 heterocycles. The third kappa shape index (κ3) is 4.78. The summed E-state index contributed by atoms with van der Waals surface area (Å²) >= 11 is 0. The van der Waals surface area contributed by atoms with Crippen LogP contribution < -0.4 is 5.32 Å². The van der Waals surface area contributed by atoms with Gasteiger partial charge in [0.1, 0.15) is 5.82 Å². The zero-order chi connectivity index (χ0) is 16.1. The van der Waals surface area contributed by atoms with E-state index in [0.717, 1.165) is 38.3 Å². The van der Waals surface area contributed by atoms with Crippen LogP contribution in [0.4, 0.5) is 5.82 Å². The summed E-state index contributed by atoms with van der Waals surface area (Å²) in [5.41, 5.74) is 0. The Kier molecular flexibility index (Phi) is 5.67. The molecule has 3 rings (SSSR count). The summed E-state index contributed by atoms with van der Waals surface area (Å²) < 4.78 is 1.94. The largest absolute Gasteiger partial charge is 0.393 e. The zero-order valence-corrected chi connectivity index (χ0v) is 13.8. The first-order chi connectivity index (χ1) is 11.2. The second kappa shape index (κ2) is 7.93. The Hall–Kier alpha value is -1.40. The fraction of sp³-hybridized carbons (Fsp3) is 0.765. The second-order valence-corrected chi connectivity index (χ2v) is 6.96. The Labute approximate surface area is 137 Å². The molecule has 2 N–H and O–H groups in total. The maximum atomic E-state index is 12.2. The Morgan fingerprint density at radius 2 is 1.96 bits per heavy atom. The molecule has 1 amide bonds. The average Bonchev–Trinajstić information content (AvgIpc) is 2.97. The molecular weight excluding hydrogens is 292 g/mol. The normalized spacial score (nSPS) is 21.4. The van der Waals surface area contributed by atoms with Crippen LogP contribution in [-0.2, 0) is 11.3 Å². The minimum absolute atomic E-state index is 0.00628. The summed E-state index contributed by atoms with van der Waals surface area (Å²) in [6.07, 6.45) is 9.58. The number of aliphatic hydroxyl groups is 1. The molecule has 2 aliphatic rings. The third-order valence-electron chi connectivity index (χ3n) is 5.06. The number of carbonyl (C=O) groups excluding carboxylic acids is 1. The Morgan fingerprint density at radius 1 is 1.22 bits per heavy atom. The topological polar surface area (TPSA) is 70.4 Å². The zero-order valence-electron chi connectivity index (χ0n) is 13.8. The van der Waals surface area contributed by atoms with E-state index in [-0.39, 0.29) is 12.0 Å². The number of nitrogens with one attached hydrogen (secondary N) is 1. The molecule has 0 spiro atoms. The first-order valence-electron chi connectivity index (χ1n) is 8.93. The molecule has 0 unspecified atom stereocenters. The highest BCUT2D eigenvalue weighted by atomic mass is 16.3. The second-order valence-electron chi connectivity index (χ2n) is 6.96. The maximum absolute atomic E-state index is 12.2. The number of nitrogens with zero attached hydrogens (tertiary/aromatic N) is 3. The minimum Gasteiger partial charge on any atom is -0.393 e. The predicted octanol–water partition coefficient (Wildman–Crippen LogP) is 1.86. The van der Waals surface area contributed by atoms with Crippen molar-refractivity contribution in [1.29, 1.82) is 0 Å². The van der Waals surface area contributed by atoms with E-state index in [4.69, 9.17) is 0 Å². The van der Waals surface area contributed by atoms with Gasteiger partial charge in [-0.2, -0.15) is 5.10 Å². The van der Waals surface area contributed by atoms with E-state index in [1.807, 2.05) is 10.7 Å². The molecular formula is C17H28N4O2. The van der Waals surface area contributed by atoms with Gasteiger partial charge in [-0.3, -0.25) is 9.69 Å². The van der Waals surface area contributed by atoms with Crippen molar-refractivity contribution in [3.63, 3.8) is 0 Å². The van der Waals surface area contributed by atoms with Crippen LogP contribution in [0.25, 0.3) is 0 Å². The van der Waals surface area contributed by atoms with Gasteiger partial charge >= 0.3 is 0 Å². The summed E-state index contributed by atoms with van der Waals surface area (Å²) in [5.74, 6) is 1.49. The molecule has 0 aromatic carbocycles. The van der Waals surface area contributed by atoms with Gasteiger partial charge in [-0.05, 0) is 31.6 Å². The van der Waals surface area contributed by atoms with E-state index in [1.165, 1.54) is 32.1 Å². The minimum atomic E-state index is -0.203. The fourth-order valence-electron chi connectivity index (χ4n) is 3.66. The number of aliphatic hydroxyl groups excluding tert-OH is 1. The van der Waals surface area contributed by atoms with Gasteiger partial charge in [-0.1, -0.05) is 19.3 Å². The first-order valence-corrected chi connectivity index (χ1v) is 8.93. The van der Waals surface area contributed by atoms with Crippen LogP contribution in [0.15, 0.2) is 12.3 Å². The molecule has 2 fully saturated rings. The van der Waals surface area contributed by atoms with Crippen molar-refractivity contribution in [2.75, 3.05) is 25.0 Å². The van der Waals surface area contributed by atoms with E-state index in [1.54, 1.807) is 6.20 Å². The molecule has 1 saturated carbocycles. The number of hydrogen-bond acceptors (Lipinski definition) is 4. The molecule has 1 aliphatic heterocycles. The summed E-state index contributed by atoms with van der Waals surface area (Å²) in [6.45, 7) is 2.87. The fourth-order valence-corrected chi connectivity index (χ4v) is 3.66. The molecule has 128 valence electrons. The van der Waals surface area contributed by atoms with Gasteiger partial charge in [0.15, 0.2) is 0 Å². The van der Waals surface area contributed by atoms with Gasteiger partial charge < -0.3 is 10.4 Å². The average molecular weight is 320 g/mol. The van der Waals surface area contributed by atoms with Crippen molar-refractivity contribution in [2.45, 2.75) is 57.6 Å². The van der Waals surface area contributed by atoms with Crippen molar-refractivity contribution in [3.8, 4) is 0 Å². The Balaban J connectivity index is 1.49. The van der Waals surface area contributed by atoms with Crippen LogP contribution in [0.3, 0.4) is 0 Å². The number of rotatable bonds is 5. The number of likely N-dealkylation sites (tertiary alicyclic amines) is 1. The van der Waals surface area contributed by atoms with Crippen molar-refractivity contribution < 1.29 is 9.90 Å². The highest BCUT2D eigenvalue weighted by Gasteiger charge is 2.20. The number of anilines is 1. The van der Waals surface area contributed by atoms with Gasteiger partial charge in [0.05, 0.1) is 18.8 Å². The van der Waals surface area contributed by atoms with Gasteiger partial charge in [-0.15, -0.1) is 0 Å². The van der Waals surface area contributed by atoms with E-state index >= 15 is 0 Å². The van der Waals surface area contributed by atoms with E-state index < -0.39 is 0 Å². The van der Waals surface area contributed by atoms with E-state index in [9.17, 15) is 9.90 Å². The van der Waals surface area contributed by atoms with E-state index in [2.05, 4.69) is 15.3 Å². The Morgan fingerprint density at radius 3 is 2.70 bits per heavy atom. The van der Waals surface area contributed by atoms with Crippen LogP contribution in [0.2, 0.25) is 0 Å². The summed E-state index contributed by atoms with van der Waals surface area (Å²) in [7, 11) is 0. The standard InChI is InChI=1S/C17H28N4O2/c22-15-7-10-20(11-8-15)13-17(23)19-16-6-9-18-21(16)12-14-4-2-1-3-5-14/h6,9,14-15,22H,1-5,7-8,10-13H2,(H,19,23). The van der Waals surface area contributed by atoms with Crippen LogP contribution >= 0.6 is 0 Å². The summed E-state index contributed by atoms with van der Waals surface area (Å²) in [5, 5.41) is 16.9. The van der Waals surface area contributed by atoms with Gasteiger partial charge in [0, 0.05) is 25.7 Å². The van der Waals surface area contributed by atoms with Crippen LogP contribution in [0.1, 0.15) is 44.9 Å². The highest BCUT2D eigenvalue weighted by molar-refractivity contribution is 5.91. The third-order valence-corrected chi connectivity index (χ3v) is 5.06. The monoisotopic (exact) mass is 320 g/mol. The van der Waals surface area contributed by atoms with Crippen molar-refractivity contribution in [3.05, 3.63) is 12.3 Å². The molecule has 1 aromatic rings. The summed E-state index contributed by atoms with van der Waals surface area (Å²) in [6, 6.07) is 1.88. The van der Waals surface area contributed by atoms with Crippen LogP contribution in [0.5, 0.6) is 0 Å². The predicted molar refractivity (Wildman–Crippen MR) is 89.1 cm³/mol. The number of piperidine rings is 1. The molecule has 0 atom stereocenters. The number of carbonyl (C=O) groups is 1. The van der Waals surface area contributed by atoms with Gasteiger partial charge in [0.2, 0.25) is 5.91 Å². The molecule has 1 saturated heterocycles. The number of hydrogen-bond donors (Lipinski definition) is 2. The van der Waals surface area contributed by atoms with Crippen molar-refractivity contribution in [2.24, 2.45) is 5.92 Å². The Bertz CT molecular complexity index is 502. The van der Waals surface area contributed by atoms with Gasteiger partial charge in [-0.25, -0.2) is 4.68 Å². The lowest BCUT2D eigenvalue weighted by atomic mass is 9.89. The molecule has 6 heteroatoms. The van der Waals surface area contributed by atoms with Crippen LogP contribution in [-0.4, -0.2) is 51.4 Å². The number of aromatic nitrogens is 2. The molecule has 23 heavy (non-hydrogen) atoms.